The summed E-state index contributed by atoms with van der Waals surface area (Å²) in [4.78, 5) is 80.3. The molecule has 3 aliphatic heterocycles. The lowest BCUT2D eigenvalue weighted by atomic mass is 9.32. The van der Waals surface area contributed by atoms with Crippen molar-refractivity contribution in [1.82, 2.24) is 0 Å². The highest BCUT2D eigenvalue weighted by molar-refractivity contribution is 5.75. The Morgan fingerprint density at radius 1 is 0.929 bits per heavy atom. The smallest absolute Gasteiger partial charge is 0.306 e. The Morgan fingerprint density at radius 3 is 2.20 bits per heavy atom. The molecule has 7 aliphatic rings. The van der Waals surface area contributed by atoms with Gasteiger partial charge in [-0.3, -0.25) is 28.8 Å². The lowest BCUT2D eigenvalue weighted by Crippen LogP contribution is -2.98. The molecule has 4 saturated carbocycles. The molecule has 0 unspecified atom stereocenters. The van der Waals surface area contributed by atoms with Gasteiger partial charge in [-0.05, 0) is 24.8 Å². The van der Waals surface area contributed by atoms with E-state index < -0.39 is 136 Å². The van der Waals surface area contributed by atoms with Crippen LogP contribution >= 0.6 is 0 Å². The summed E-state index contributed by atoms with van der Waals surface area (Å²) in [7, 11) is 0. The van der Waals surface area contributed by atoms with Gasteiger partial charge in [0.15, 0.2) is 24.1 Å². The molecule has 15 atom stereocenters. The molecule has 56 heavy (non-hydrogen) atoms. The maximum absolute atomic E-state index is 14.5. The van der Waals surface area contributed by atoms with Gasteiger partial charge >= 0.3 is 35.8 Å². The lowest BCUT2D eigenvalue weighted by Gasteiger charge is -2.77. The molecular weight excluding hydrogens is 740 g/mol. The molecule has 4 aliphatic carbocycles. The van der Waals surface area contributed by atoms with Gasteiger partial charge in [0.25, 0.3) is 0 Å². The number of carbonyl (C=O) groups excluding carboxylic acids is 6. The third-order valence-electron chi connectivity index (χ3n) is 14.7. The number of hydrogen-bond acceptors (Lipinski definition) is 17. The first-order valence-electron chi connectivity index (χ1n) is 19.1. The molecular formula is C39H48O17. The molecule has 17 nitrogen and oxygen atoms in total. The first kappa shape index (κ1) is 38.8. The Morgan fingerprint density at radius 2 is 1.62 bits per heavy atom. The van der Waals surface area contributed by atoms with E-state index in [9.17, 15) is 39.0 Å². The highest BCUT2D eigenvalue weighted by atomic mass is 16.8. The molecule has 0 radical (unpaired) electrons. The maximum Gasteiger partial charge on any atom is 0.306 e. The molecule has 4 heterocycles. The fourth-order valence-corrected chi connectivity index (χ4v) is 13.3. The van der Waals surface area contributed by atoms with Crippen LogP contribution in [0.15, 0.2) is 23.0 Å². The third-order valence-corrected chi connectivity index (χ3v) is 14.7. The number of furan rings is 1. The van der Waals surface area contributed by atoms with Crippen LogP contribution in [0.25, 0.3) is 0 Å². The second kappa shape index (κ2) is 11.8. The molecule has 0 amide bonds. The number of ether oxygens (including phenoxy) is 8. The van der Waals surface area contributed by atoms with E-state index in [0.717, 1.165) is 20.8 Å². The number of fused-ring (bicyclic) bond motifs is 4. The fourth-order valence-electron chi connectivity index (χ4n) is 13.3. The van der Waals surface area contributed by atoms with E-state index in [1.165, 1.54) is 19.5 Å². The molecule has 4 bridgehead atoms. The van der Waals surface area contributed by atoms with Crippen molar-refractivity contribution in [2.45, 2.75) is 146 Å². The lowest BCUT2D eigenvalue weighted by molar-refractivity contribution is -0.449. The zero-order chi connectivity index (χ0) is 40.8. The molecule has 1 aromatic heterocycles. The Balaban J connectivity index is 1.55. The predicted molar refractivity (Wildman–Crippen MR) is 181 cm³/mol. The zero-order valence-electron chi connectivity index (χ0n) is 32.5. The van der Waals surface area contributed by atoms with Gasteiger partial charge in [0.1, 0.15) is 35.6 Å². The normalized spacial score (nSPS) is 47.9. The number of esters is 6. The van der Waals surface area contributed by atoms with E-state index in [-0.39, 0.29) is 25.7 Å². The predicted octanol–water partition coefficient (Wildman–Crippen LogP) is 2.12. The van der Waals surface area contributed by atoms with Crippen molar-refractivity contribution in [2.24, 2.45) is 28.1 Å². The molecule has 0 aromatic carbocycles. The van der Waals surface area contributed by atoms with Crippen molar-refractivity contribution < 1.29 is 81.3 Å². The minimum absolute atomic E-state index is 0.0635. The van der Waals surface area contributed by atoms with Gasteiger partial charge in [-0.1, -0.05) is 27.7 Å². The third kappa shape index (κ3) is 4.09. The molecule has 17 heteroatoms. The van der Waals surface area contributed by atoms with Crippen LogP contribution < -0.4 is 0 Å². The number of carbonyl (C=O) groups is 6. The Kier molecular flexibility index (Phi) is 8.15. The monoisotopic (exact) mass is 788 g/mol. The van der Waals surface area contributed by atoms with Crippen LogP contribution in [-0.4, -0.2) is 105 Å². The van der Waals surface area contributed by atoms with E-state index in [2.05, 4.69) is 0 Å². The fraction of sp³-hybridized carbons (Fsp3) is 0.744. The molecule has 7 fully saturated rings. The maximum atomic E-state index is 14.5. The number of hydrogen-bond donors (Lipinski definition) is 2. The van der Waals surface area contributed by atoms with Crippen LogP contribution in [0.5, 0.6) is 0 Å². The summed E-state index contributed by atoms with van der Waals surface area (Å²) in [5, 5.41) is 28.4. The van der Waals surface area contributed by atoms with E-state index in [4.69, 9.17) is 42.3 Å². The van der Waals surface area contributed by atoms with Crippen molar-refractivity contribution in [1.29, 1.82) is 0 Å². The van der Waals surface area contributed by atoms with Crippen molar-refractivity contribution >= 4 is 35.8 Å². The Hall–Kier alpha value is -4.06. The minimum atomic E-state index is -2.72. The second-order valence-electron chi connectivity index (χ2n) is 17.2. The summed E-state index contributed by atoms with van der Waals surface area (Å²) in [6.45, 7) is 10.5. The molecule has 1 aromatic rings. The van der Waals surface area contributed by atoms with Crippen LogP contribution in [0.2, 0.25) is 0 Å². The zero-order valence-corrected chi connectivity index (χ0v) is 32.5. The second-order valence-corrected chi connectivity index (χ2v) is 17.2. The van der Waals surface area contributed by atoms with Crippen molar-refractivity contribution in [2.75, 3.05) is 6.61 Å². The van der Waals surface area contributed by atoms with Crippen molar-refractivity contribution in [3.63, 3.8) is 0 Å². The quantitative estimate of drug-likeness (QED) is 0.270. The highest BCUT2D eigenvalue weighted by Crippen LogP contribution is 2.88. The molecule has 3 saturated heterocycles. The van der Waals surface area contributed by atoms with Crippen LogP contribution in [0.1, 0.15) is 99.2 Å². The van der Waals surface area contributed by atoms with E-state index in [1.807, 2.05) is 0 Å². The summed E-state index contributed by atoms with van der Waals surface area (Å²) in [5.41, 5.74) is -14.8. The Bertz CT molecular complexity index is 1910. The van der Waals surface area contributed by atoms with Crippen LogP contribution in [0.4, 0.5) is 0 Å². The summed E-state index contributed by atoms with van der Waals surface area (Å²) >= 11 is 0. The molecule has 306 valence electrons. The van der Waals surface area contributed by atoms with Crippen LogP contribution in [0, 0.1) is 28.1 Å². The van der Waals surface area contributed by atoms with Crippen LogP contribution in [-0.2, 0) is 66.7 Å². The largest absolute Gasteiger partial charge is 0.472 e. The molecule has 2 spiro atoms. The number of rotatable bonds is 9. The number of cyclic esters (lactones) is 1. The van der Waals surface area contributed by atoms with Crippen molar-refractivity contribution in [3.8, 4) is 0 Å². The summed E-state index contributed by atoms with van der Waals surface area (Å²) in [6.07, 6.45) is -6.33. The van der Waals surface area contributed by atoms with E-state index in [0.29, 0.717) is 5.56 Å². The highest BCUT2D eigenvalue weighted by Gasteiger charge is 3.05. The van der Waals surface area contributed by atoms with E-state index >= 15 is 0 Å². The average molecular weight is 789 g/mol. The molecule has 8 rings (SSSR count). The van der Waals surface area contributed by atoms with E-state index in [1.54, 1.807) is 33.8 Å². The first-order chi connectivity index (χ1) is 26.2. The number of aliphatic hydroxyl groups is 2. The minimum Gasteiger partial charge on any atom is -0.472 e. The Labute approximate surface area is 321 Å². The molecule has 2 N–H and O–H groups in total. The standard InChI is InChI=1S/C39H48O17/c1-9-25(44)53-28-29(51-19(4)41)39(47)35-17-49-26(45)13-23(35)32(7)16-36(35,46)38(54-21(6)43,30(32)52-20(5)42)31-37(39)24(14-34(10-2,55-31)56-37)33(28,8)27(50-18(3)40)22-11-12-48-15-22/h11-12,15,23-24,27-31,46-47H,9-10,13-14,16-17H2,1-8H3/t23-,24-,27+,28+,29-,30+,31+,32-,33-,34+,35-,36-,37-,38+,39+/m1/s1. The first-order valence-corrected chi connectivity index (χ1v) is 19.1. The average Bonchev–Trinajstić information content (AvgIpc) is 3.92. The van der Waals surface area contributed by atoms with Gasteiger partial charge in [0.2, 0.25) is 5.60 Å². The summed E-state index contributed by atoms with van der Waals surface area (Å²) in [6, 6.07) is 1.55. The topological polar surface area (TPSA) is 230 Å². The van der Waals surface area contributed by atoms with Gasteiger partial charge in [-0.25, -0.2) is 0 Å². The summed E-state index contributed by atoms with van der Waals surface area (Å²) in [5.74, 6) is -8.74. The van der Waals surface area contributed by atoms with Gasteiger partial charge in [0.05, 0.1) is 23.4 Å². The van der Waals surface area contributed by atoms with Gasteiger partial charge in [-0.15, -0.1) is 0 Å². The SMILES string of the molecule is CCC(=O)O[C@H]1[C@@H](OC(C)=O)[C@@]2(O)[C@@]34O[C@@](CC)(C[C@@H]3[C@]1(C)[C@@H](OC(C)=O)c1ccoc1)O[C@@H]4[C@@]1(OC(C)=O)[C@@H](OC(C)=O)[C@]3(C)C[C@@]1(O)[C@]21COC(=O)C[C@H]31. The van der Waals surface area contributed by atoms with Crippen LogP contribution in [0.3, 0.4) is 0 Å². The van der Waals surface area contributed by atoms with Gasteiger partial charge in [0, 0.05) is 63.9 Å². The van der Waals surface area contributed by atoms with Gasteiger partial charge < -0.3 is 52.5 Å². The van der Waals surface area contributed by atoms with Crippen molar-refractivity contribution in [3.05, 3.63) is 24.2 Å². The van der Waals surface area contributed by atoms with Gasteiger partial charge in [-0.2, -0.15) is 0 Å². The summed E-state index contributed by atoms with van der Waals surface area (Å²) < 4.78 is 56.6.